The summed E-state index contributed by atoms with van der Waals surface area (Å²) in [5.74, 6) is 0.853. The Balaban J connectivity index is 1.94. The van der Waals surface area contributed by atoms with E-state index in [4.69, 9.17) is 26.8 Å². The molecule has 0 aliphatic carbocycles. The summed E-state index contributed by atoms with van der Waals surface area (Å²) < 4.78 is 11.5. The third-order valence-corrected chi connectivity index (χ3v) is 3.44. The number of nitrogens with zero attached hydrogens (tertiary/aromatic N) is 1. The van der Waals surface area contributed by atoms with Crippen molar-refractivity contribution in [2.24, 2.45) is 5.73 Å². The van der Waals surface area contributed by atoms with Gasteiger partial charge in [-0.3, -0.25) is 0 Å². The monoisotopic (exact) mass is 284 g/mol. The van der Waals surface area contributed by atoms with Gasteiger partial charge < -0.3 is 20.1 Å². The molecule has 1 aliphatic rings. The smallest absolute Gasteiger partial charge is 0.122 e. The number of hydrogen-bond acceptors (Lipinski definition) is 4. The van der Waals surface area contributed by atoms with Crippen molar-refractivity contribution in [2.75, 3.05) is 39.9 Å². The lowest BCUT2D eigenvalue weighted by molar-refractivity contribution is -0.0404. The van der Waals surface area contributed by atoms with E-state index in [1.807, 2.05) is 18.2 Å². The molecule has 2 N–H and O–H groups in total. The first-order chi connectivity index (χ1) is 9.19. The fourth-order valence-electron chi connectivity index (χ4n) is 2.19. The zero-order chi connectivity index (χ0) is 13.7. The molecule has 0 saturated carbocycles. The zero-order valence-corrected chi connectivity index (χ0v) is 12.0. The van der Waals surface area contributed by atoms with Gasteiger partial charge in [0, 0.05) is 18.1 Å². The number of benzene rings is 1. The van der Waals surface area contributed by atoms with Gasteiger partial charge in [-0.15, -0.1) is 0 Å². The molecule has 1 fully saturated rings. The molecule has 4 nitrogen and oxygen atoms in total. The molecule has 0 bridgehead atoms. The lowest BCUT2D eigenvalue weighted by atomic mass is 10.1. The summed E-state index contributed by atoms with van der Waals surface area (Å²) in [6.07, 6.45) is 0.890. The molecule has 0 radical (unpaired) electrons. The highest BCUT2D eigenvalue weighted by Crippen LogP contribution is 2.23. The van der Waals surface area contributed by atoms with Crippen LogP contribution in [0.3, 0.4) is 0 Å². The first-order valence-corrected chi connectivity index (χ1v) is 6.98. The van der Waals surface area contributed by atoms with Crippen molar-refractivity contribution in [2.45, 2.75) is 12.5 Å². The SMILES string of the molecule is CN1CCOC(COc2ccc(Cl)cc2CCN)C1. The normalized spacial score (nSPS) is 20.5. The maximum atomic E-state index is 5.99. The Morgan fingerprint density at radius 3 is 3.11 bits per heavy atom. The molecule has 1 aliphatic heterocycles. The van der Waals surface area contributed by atoms with E-state index < -0.39 is 0 Å². The van der Waals surface area contributed by atoms with E-state index in [2.05, 4.69) is 11.9 Å². The van der Waals surface area contributed by atoms with Crippen molar-refractivity contribution in [1.82, 2.24) is 4.90 Å². The maximum absolute atomic E-state index is 5.99. The Morgan fingerprint density at radius 1 is 1.53 bits per heavy atom. The van der Waals surface area contributed by atoms with E-state index in [1.165, 1.54) is 0 Å². The number of halogens is 1. The van der Waals surface area contributed by atoms with Gasteiger partial charge in [0.2, 0.25) is 0 Å². The lowest BCUT2D eigenvalue weighted by Gasteiger charge is -2.30. The summed E-state index contributed by atoms with van der Waals surface area (Å²) in [6, 6.07) is 5.65. The number of morpholine rings is 1. The quantitative estimate of drug-likeness (QED) is 0.891. The van der Waals surface area contributed by atoms with E-state index >= 15 is 0 Å². The van der Waals surface area contributed by atoms with Gasteiger partial charge in [-0.25, -0.2) is 0 Å². The van der Waals surface area contributed by atoms with E-state index in [9.17, 15) is 0 Å². The van der Waals surface area contributed by atoms with Crippen molar-refractivity contribution in [1.29, 1.82) is 0 Å². The van der Waals surface area contributed by atoms with E-state index in [1.54, 1.807) is 0 Å². The molecule has 1 unspecified atom stereocenters. The van der Waals surface area contributed by atoms with Crippen LogP contribution < -0.4 is 10.5 Å². The fourth-order valence-corrected chi connectivity index (χ4v) is 2.38. The topological polar surface area (TPSA) is 47.7 Å². The second kappa shape index (κ2) is 7.10. The molecule has 5 heteroatoms. The van der Waals surface area contributed by atoms with Crippen LogP contribution in [0.1, 0.15) is 5.56 Å². The largest absolute Gasteiger partial charge is 0.491 e. The lowest BCUT2D eigenvalue weighted by Crippen LogP contribution is -2.42. The average Bonchev–Trinajstić information content (AvgIpc) is 2.38. The molecule has 1 atom stereocenters. The Kier molecular flexibility index (Phi) is 5.45. The van der Waals surface area contributed by atoms with Crippen LogP contribution in [0.25, 0.3) is 0 Å². The van der Waals surface area contributed by atoms with Crippen molar-refractivity contribution >= 4 is 11.6 Å². The summed E-state index contributed by atoms with van der Waals surface area (Å²) in [4.78, 5) is 2.25. The molecular weight excluding hydrogens is 264 g/mol. The molecule has 106 valence electrons. The highest BCUT2D eigenvalue weighted by atomic mass is 35.5. The van der Waals surface area contributed by atoms with Crippen molar-refractivity contribution in [3.63, 3.8) is 0 Å². The van der Waals surface area contributed by atoms with E-state index in [0.717, 1.165) is 37.4 Å². The Labute approximate surface area is 119 Å². The van der Waals surface area contributed by atoms with Gasteiger partial charge in [-0.1, -0.05) is 11.6 Å². The predicted molar refractivity (Wildman–Crippen MR) is 76.9 cm³/mol. The minimum absolute atomic E-state index is 0.125. The van der Waals surface area contributed by atoms with Gasteiger partial charge in [0.15, 0.2) is 0 Å². The molecule has 0 aromatic heterocycles. The highest BCUT2D eigenvalue weighted by Gasteiger charge is 2.18. The van der Waals surface area contributed by atoms with Gasteiger partial charge in [-0.2, -0.15) is 0 Å². The number of ether oxygens (including phenoxy) is 2. The summed E-state index contributed by atoms with van der Waals surface area (Å²) in [7, 11) is 2.09. The van der Waals surface area contributed by atoms with Crippen LogP contribution in [0, 0.1) is 0 Å². The number of hydrogen-bond donors (Lipinski definition) is 1. The first kappa shape index (κ1) is 14.6. The Hall–Kier alpha value is -0.810. The van der Waals surface area contributed by atoms with Crippen molar-refractivity contribution in [3.05, 3.63) is 28.8 Å². The summed E-state index contributed by atoms with van der Waals surface area (Å²) >= 11 is 5.99. The van der Waals surface area contributed by atoms with Gasteiger partial charge in [0.25, 0.3) is 0 Å². The van der Waals surface area contributed by atoms with Crippen molar-refractivity contribution in [3.8, 4) is 5.75 Å². The van der Waals surface area contributed by atoms with Crippen molar-refractivity contribution < 1.29 is 9.47 Å². The minimum atomic E-state index is 0.125. The number of likely N-dealkylation sites (N-methyl/N-ethyl adjacent to an activating group) is 1. The third-order valence-electron chi connectivity index (χ3n) is 3.20. The predicted octanol–water partition coefficient (Wildman–Crippen LogP) is 1.55. The molecule has 19 heavy (non-hydrogen) atoms. The molecule has 1 aromatic rings. The van der Waals surface area contributed by atoms with Gasteiger partial charge in [-0.05, 0) is 43.8 Å². The molecule has 0 amide bonds. The molecule has 1 aromatic carbocycles. The summed E-state index contributed by atoms with van der Waals surface area (Å²) in [5, 5.41) is 0.712. The summed E-state index contributed by atoms with van der Waals surface area (Å²) in [6.45, 7) is 3.79. The standard InChI is InChI=1S/C14H21ClN2O2/c1-17-6-7-18-13(9-17)10-19-14-3-2-12(15)8-11(14)4-5-16/h2-3,8,13H,4-7,9-10,16H2,1H3. The highest BCUT2D eigenvalue weighted by molar-refractivity contribution is 6.30. The van der Waals surface area contributed by atoms with Gasteiger partial charge >= 0.3 is 0 Å². The van der Waals surface area contributed by atoms with Crippen LogP contribution in [0.5, 0.6) is 5.75 Å². The average molecular weight is 285 g/mol. The van der Waals surface area contributed by atoms with Crippen LogP contribution in [0.15, 0.2) is 18.2 Å². The third kappa shape index (κ3) is 4.35. The zero-order valence-electron chi connectivity index (χ0n) is 11.3. The second-order valence-corrected chi connectivity index (χ2v) is 5.29. The van der Waals surface area contributed by atoms with Crippen LogP contribution >= 0.6 is 11.6 Å². The molecule has 1 heterocycles. The van der Waals surface area contributed by atoms with Gasteiger partial charge in [0.05, 0.1) is 6.61 Å². The van der Waals surface area contributed by atoms with Crippen LogP contribution in [-0.4, -0.2) is 50.9 Å². The number of rotatable bonds is 5. The Morgan fingerprint density at radius 2 is 2.37 bits per heavy atom. The van der Waals surface area contributed by atoms with E-state index in [-0.39, 0.29) is 6.10 Å². The first-order valence-electron chi connectivity index (χ1n) is 6.60. The molecular formula is C14H21ClN2O2. The minimum Gasteiger partial charge on any atom is -0.491 e. The molecule has 0 spiro atoms. The maximum Gasteiger partial charge on any atom is 0.122 e. The summed E-state index contributed by atoms with van der Waals surface area (Å²) in [5.41, 5.74) is 6.66. The van der Waals surface area contributed by atoms with Crippen LogP contribution in [0.4, 0.5) is 0 Å². The molecule has 1 saturated heterocycles. The van der Waals surface area contributed by atoms with Crippen LogP contribution in [0.2, 0.25) is 5.02 Å². The Bertz CT molecular complexity index is 414. The van der Waals surface area contributed by atoms with Gasteiger partial charge in [0.1, 0.15) is 18.5 Å². The second-order valence-electron chi connectivity index (χ2n) is 4.86. The fraction of sp³-hybridized carbons (Fsp3) is 0.571. The van der Waals surface area contributed by atoms with Crippen LogP contribution in [-0.2, 0) is 11.2 Å². The number of nitrogens with two attached hydrogens (primary N) is 1. The van der Waals surface area contributed by atoms with E-state index in [0.29, 0.717) is 18.2 Å². The molecule has 2 rings (SSSR count).